The average molecular weight is 793 g/mol. The zero-order valence-corrected chi connectivity index (χ0v) is 33.1. The van der Waals surface area contributed by atoms with Crippen LogP contribution in [0.5, 0.6) is 0 Å². The summed E-state index contributed by atoms with van der Waals surface area (Å²) in [5.41, 5.74) is 8.88. The van der Waals surface area contributed by atoms with E-state index in [0.717, 1.165) is 87.2 Å². The summed E-state index contributed by atoms with van der Waals surface area (Å²) < 4.78 is 6.92. The van der Waals surface area contributed by atoms with Gasteiger partial charge in [0, 0.05) is 76.0 Å². The van der Waals surface area contributed by atoms with Gasteiger partial charge in [0.2, 0.25) is 5.69 Å². The fourth-order valence-corrected chi connectivity index (χ4v) is 11.2. The fourth-order valence-electron chi connectivity index (χ4n) is 10.1. The number of para-hydroxylation sites is 1. The van der Waals surface area contributed by atoms with Crippen molar-refractivity contribution in [3.05, 3.63) is 187 Å². The van der Waals surface area contributed by atoms with Crippen molar-refractivity contribution in [1.82, 2.24) is 19.1 Å². The molecule has 0 N–H and O–H groups in total. The molecule has 280 valence electrons. The lowest BCUT2D eigenvalue weighted by Crippen LogP contribution is -2.08. The molecule has 0 fully saturated rings. The molecule has 7 heteroatoms. The highest BCUT2D eigenvalue weighted by atomic mass is 32.1. The SMILES string of the molecule is [C-]#[N+]c1c(-c2ccccc2)c(C#N)c(-n2c3ccccc3c3cc4sc5ccccc5c4cc32)c(-c2ccccc2)c1-n1c2cncc3c4ccccc4c4cncc1c4c32. The molecule has 0 aliphatic carbocycles. The van der Waals surface area contributed by atoms with Gasteiger partial charge in [0.05, 0.1) is 58.0 Å². The predicted molar refractivity (Wildman–Crippen MR) is 252 cm³/mol. The minimum atomic E-state index is 0.378. The molecular weight excluding hydrogens is 765 g/mol. The van der Waals surface area contributed by atoms with Crippen LogP contribution in [0.4, 0.5) is 5.69 Å². The number of rotatable bonds is 4. The van der Waals surface area contributed by atoms with E-state index in [4.69, 9.17) is 16.5 Å². The molecule has 5 heterocycles. The maximum Gasteiger partial charge on any atom is 0.220 e. The number of nitrogens with zero attached hydrogens (tertiary/aromatic N) is 6. The molecule has 13 rings (SSSR count). The summed E-state index contributed by atoms with van der Waals surface area (Å²) in [6, 6.07) is 53.0. The molecule has 0 spiro atoms. The van der Waals surface area contributed by atoms with Gasteiger partial charge in [-0.2, -0.15) is 5.26 Å². The van der Waals surface area contributed by atoms with Crippen LogP contribution in [0.15, 0.2) is 170 Å². The number of benzene rings is 8. The predicted octanol–water partition coefficient (Wildman–Crippen LogP) is 14.5. The van der Waals surface area contributed by atoms with E-state index in [1.54, 1.807) is 11.3 Å². The van der Waals surface area contributed by atoms with E-state index in [9.17, 15) is 5.26 Å². The van der Waals surface area contributed by atoms with Gasteiger partial charge in [-0.1, -0.05) is 121 Å². The lowest BCUT2D eigenvalue weighted by molar-refractivity contribution is 1.13. The number of hydrogen-bond donors (Lipinski definition) is 0. The van der Waals surface area contributed by atoms with Crippen molar-refractivity contribution in [3.63, 3.8) is 0 Å². The highest BCUT2D eigenvalue weighted by molar-refractivity contribution is 7.25. The molecule has 0 radical (unpaired) electrons. The van der Waals surface area contributed by atoms with E-state index < -0.39 is 0 Å². The molecule has 61 heavy (non-hydrogen) atoms. The Bertz CT molecular complexity index is 3980. The second kappa shape index (κ2) is 12.6. The minimum absolute atomic E-state index is 0.378. The summed E-state index contributed by atoms with van der Waals surface area (Å²) >= 11 is 1.80. The van der Waals surface area contributed by atoms with E-state index in [1.807, 2.05) is 73.3 Å². The summed E-state index contributed by atoms with van der Waals surface area (Å²) in [7, 11) is 0. The van der Waals surface area contributed by atoms with Crippen molar-refractivity contribution >= 4 is 102 Å². The molecule has 0 saturated heterocycles. The number of aromatic nitrogens is 4. The zero-order valence-electron chi connectivity index (χ0n) is 32.3. The standard InChI is InChI=1S/C54H28N6S/c1-56-52-48(31-14-4-2-5-15-31)39(26-55)53(59-42-22-12-10-20-35(42)37-25-47-38(24-43(37)59)36-21-11-13-23-46(36)61-47)49(32-16-6-3-7-17-32)54(52)60-44-29-57-27-40-33-18-8-9-19-34(33)41-28-58-30-45(60)51(41)50(40)44/h2-25,27-30H. The van der Waals surface area contributed by atoms with Crippen molar-refractivity contribution in [2.24, 2.45) is 0 Å². The van der Waals surface area contributed by atoms with Gasteiger partial charge in [-0.05, 0) is 46.2 Å². The smallest absolute Gasteiger partial charge is 0.220 e. The lowest BCUT2D eigenvalue weighted by Gasteiger charge is -2.25. The van der Waals surface area contributed by atoms with Crippen LogP contribution >= 0.6 is 11.3 Å². The number of thiophene rings is 1. The largest absolute Gasteiger partial charge is 0.315 e. The quantitative estimate of drug-likeness (QED) is 0.132. The van der Waals surface area contributed by atoms with Crippen molar-refractivity contribution in [2.45, 2.75) is 0 Å². The van der Waals surface area contributed by atoms with Gasteiger partial charge in [0.25, 0.3) is 0 Å². The van der Waals surface area contributed by atoms with Crippen LogP contribution in [0.2, 0.25) is 0 Å². The second-order valence-electron chi connectivity index (χ2n) is 15.5. The van der Waals surface area contributed by atoms with Crippen LogP contribution in [0, 0.1) is 17.9 Å². The molecule has 0 aliphatic heterocycles. The molecule has 0 unspecified atom stereocenters. The van der Waals surface area contributed by atoms with Crippen molar-refractivity contribution in [2.75, 3.05) is 0 Å². The zero-order chi connectivity index (χ0) is 40.3. The topological polar surface area (TPSA) is 63.8 Å². The summed E-state index contributed by atoms with van der Waals surface area (Å²) in [6.45, 7) is 9.15. The van der Waals surface area contributed by atoms with Crippen molar-refractivity contribution < 1.29 is 0 Å². The number of nitriles is 1. The molecule has 0 aliphatic rings. The van der Waals surface area contributed by atoms with Crippen LogP contribution in [-0.2, 0) is 0 Å². The van der Waals surface area contributed by atoms with E-state index >= 15 is 0 Å². The third kappa shape index (κ3) is 4.47. The van der Waals surface area contributed by atoms with E-state index in [-0.39, 0.29) is 0 Å². The normalized spacial score (nSPS) is 11.9. The van der Waals surface area contributed by atoms with Gasteiger partial charge in [0.15, 0.2) is 0 Å². The number of hydrogen-bond acceptors (Lipinski definition) is 4. The van der Waals surface area contributed by atoms with E-state index in [2.05, 4.69) is 117 Å². The van der Waals surface area contributed by atoms with Crippen molar-refractivity contribution in [1.29, 1.82) is 5.26 Å². The monoisotopic (exact) mass is 792 g/mol. The first-order valence-corrected chi connectivity index (χ1v) is 20.9. The van der Waals surface area contributed by atoms with Crippen LogP contribution < -0.4 is 0 Å². The van der Waals surface area contributed by atoms with Gasteiger partial charge < -0.3 is 9.13 Å². The van der Waals surface area contributed by atoms with Gasteiger partial charge in [-0.3, -0.25) is 9.97 Å². The molecule has 0 saturated carbocycles. The van der Waals surface area contributed by atoms with Crippen LogP contribution in [0.1, 0.15) is 5.56 Å². The third-order valence-corrected chi connectivity index (χ3v) is 13.6. The summed E-state index contributed by atoms with van der Waals surface area (Å²) in [5.74, 6) is 0. The molecular formula is C54H28N6S. The van der Waals surface area contributed by atoms with Gasteiger partial charge in [-0.25, -0.2) is 4.85 Å². The molecule has 6 nitrogen and oxygen atoms in total. The Morgan fingerprint density at radius 3 is 1.67 bits per heavy atom. The Balaban J connectivity index is 1.32. The van der Waals surface area contributed by atoms with Gasteiger partial charge in [0.1, 0.15) is 6.07 Å². The maximum absolute atomic E-state index is 11.7. The minimum Gasteiger partial charge on any atom is -0.315 e. The van der Waals surface area contributed by atoms with Gasteiger partial charge >= 0.3 is 0 Å². The van der Waals surface area contributed by atoms with Gasteiger partial charge in [-0.15, -0.1) is 11.3 Å². The molecule has 0 atom stereocenters. The average Bonchev–Trinajstić information content (AvgIpc) is 3.97. The Kier molecular flexibility index (Phi) is 6.92. The lowest BCUT2D eigenvalue weighted by atomic mass is 9.88. The highest BCUT2D eigenvalue weighted by Gasteiger charge is 2.32. The molecule has 5 aromatic heterocycles. The molecule has 8 aromatic carbocycles. The number of fused-ring (bicyclic) bond motifs is 9. The van der Waals surface area contributed by atoms with Crippen LogP contribution in [0.3, 0.4) is 0 Å². The first kappa shape index (κ1) is 33.6. The summed E-state index contributed by atoms with van der Waals surface area (Å²) in [5, 5.41) is 22.6. The van der Waals surface area contributed by atoms with Crippen LogP contribution in [-0.4, -0.2) is 19.1 Å². The third-order valence-electron chi connectivity index (χ3n) is 12.5. The first-order valence-electron chi connectivity index (χ1n) is 20.1. The van der Waals surface area contributed by atoms with Crippen LogP contribution in [0.25, 0.3) is 124 Å². The Morgan fingerprint density at radius 1 is 0.475 bits per heavy atom. The molecule has 0 amide bonds. The van der Waals surface area contributed by atoms with E-state index in [0.29, 0.717) is 28.2 Å². The second-order valence-corrected chi connectivity index (χ2v) is 16.6. The first-order chi connectivity index (χ1) is 30.2. The Hall–Kier alpha value is -8.36. The summed E-state index contributed by atoms with van der Waals surface area (Å²) in [6.07, 6.45) is 7.74. The fraction of sp³-hybridized carbons (Fsp3) is 0. The summed E-state index contributed by atoms with van der Waals surface area (Å²) in [4.78, 5) is 14.2. The Labute approximate surface area is 352 Å². The highest BCUT2D eigenvalue weighted by Crippen LogP contribution is 2.53. The molecule has 13 aromatic rings. The molecule has 0 bridgehead atoms. The van der Waals surface area contributed by atoms with E-state index in [1.165, 1.54) is 14.8 Å². The van der Waals surface area contributed by atoms with Crippen molar-refractivity contribution in [3.8, 4) is 39.7 Å². The number of pyridine rings is 2. The maximum atomic E-state index is 11.7. The Morgan fingerprint density at radius 2 is 1.03 bits per heavy atom.